The van der Waals surface area contributed by atoms with E-state index in [1.165, 1.54) is 0 Å². The lowest BCUT2D eigenvalue weighted by molar-refractivity contribution is -0.0400. The van der Waals surface area contributed by atoms with Crippen LogP contribution in [0.3, 0.4) is 0 Å². The molecule has 6 nitrogen and oxygen atoms in total. The number of amides is 1. The van der Waals surface area contributed by atoms with Crippen LogP contribution in [0.5, 0.6) is 0 Å². The first-order valence-corrected chi connectivity index (χ1v) is 5.95. The lowest BCUT2D eigenvalue weighted by Crippen LogP contribution is -2.31. The molecule has 1 aromatic rings. The Balaban J connectivity index is 1.97. The van der Waals surface area contributed by atoms with Crippen molar-refractivity contribution in [3.63, 3.8) is 0 Å². The van der Waals surface area contributed by atoms with Crippen molar-refractivity contribution in [1.82, 2.24) is 10.4 Å². The third-order valence-corrected chi connectivity index (χ3v) is 2.89. The Kier molecular flexibility index (Phi) is 4.63. The molecule has 2 heterocycles. The number of hydrogen-bond donors (Lipinski definition) is 2. The van der Waals surface area contributed by atoms with Crippen LogP contribution in [0.1, 0.15) is 28.9 Å². The molecule has 0 unspecified atom stereocenters. The van der Waals surface area contributed by atoms with Crippen molar-refractivity contribution >= 4 is 5.91 Å². The minimum atomic E-state index is -0.353. The number of aromatic nitrogens is 1. The summed E-state index contributed by atoms with van der Waals surface area (Å²) in [5, 5.41) is 0. The number of rotatable bonds is 4. The van der Waals surface area contributed by atoms with Gasteiger partial charge in [0.1, 0.15) is 0 Å². The van der Waals surface area contributed by atoms with Gasteiger partial charge in [-0.2, -0.15) is 0 Å². The average Bonchev–Trinajstić information content (AvgIpc) is 2.45. The highest BCUT2D eigenvalue weighted by molar-refractivity contribution is 5.94. The molecule has 1 aliphatic rings. The summed E-state index contributed by atoms with van der Waals surface area (Å²) in [6.45, 7) is 1.76. The second-order valence-electron chi connectivity index (χ2n) is 4.09. The van der Waals surface area contributed by atoms with Crippen LogP contribution in [0, 0.1) is 0 Å². The minimum absolute atomic E-state index is 0.176. The highest BCUT2D eigenvalue weighted by Gasteiger charge is 2.16. The number of nitrogens with two attached hydrogens (primary N) is 1. The van der Waals surface area contributed by atoms with Gasteiger partial charge in [-0.1, -0.05) is 0 Å². The molecule has 0 atom stereocenters. The van der Waals surface area contributed by atoms with E-state index in [1.807, 2.05) is 0 Å². The zero-order valence-corrected chi connectivity index (χ0v) is 10.1. The fourth-order valence-electron chi connectivity index (χ4n) is 1.88. The maximum absolute atomic E-state index is 11.5. The zero-order valence-electron chi connectivity index (χ0n) is 10.1. The highest BCUT2D eigenvalue weighted by atomic mass is 16.5. The van der Waals surface area contributed by atoms with Gasteiger partial charge in [-0.3, -0.25) is 15.2 Å². The fourth-order valence-corrected chi connectivity index (χ4v) is 1.88. The molecule has 1 fully saturated rings. The van der Waals surface area contributed by atoms with E-state index in [2.05, 4.69) is 10.4 Å². The molecule has 1 saturated heterocycles. The Hall–Kier alpha value is -1.50. The van der Waals surface area contributed by atoms with Gasteiger partial charge in [-0.15, -0.1) is 0 Å². The van der Waals surface area contributed by atoms with Gasteiger partial charge in [0.05, 0.1) is 24.0 Å². The second kappa shape index (κ2) is 6.44. The molecule has 1 aromatic heterocycles. The van der Waals surface area contributed by atoms with E-state index in [-0.39, 0.29) is 12.0 Å². The molecule has 0 aliphatic carbocycles. The molecule has 3 N–H and O–H groups in total. The SMILES string of the molecule is NNC(=O)c1cccnc1COC1CCOCC1. The maximum atomic E-state index is 11.5. The van der Waals surface area contributed by atoms with Gasteiger partial charge in [0.25, 0.3) is 5.91 Å². The summed E-state index contributed by atoms with van der Waals surface area (Å²) in [6, 6.07) is 3.38. The van der Waals surface area contributed by atoms with Crippen LogP contribution in [0.2, 0.25) is 0 Å². The maximum Gasteiger partial charge on any atom is 0.267 e. The lowest BCUT2D eigenvalue weighted by Gasteiger charge is -2.22. The molecule has 18 heavy (non-hydrogen) atoms. The topological polar surface area (TPSA) is 86.5 Å². The van der Waals surface area contributed by atoms with Crippen LogP contribution < -0.4 is 11.3 Å². The third-order valence-electron chi connectivity index (χ3n) is 2.89. The number of ether oxygens (including phenoxy) is 2. The Morgan fingerprint density at radius 3 is 3.06 bits per heavy atom. The Morgan fingerprint density at radius 1 is 1.56 bits per heavy atom. The van der Waals surface area contributed by atoms with Crippen LogP contribution in [0.15, 0.2) is 18.3 Å². The number of pyridine rings is 1. The Bertz CT molecular complexity index is 405. The standard InChI is InChI=1S/C12H17N3O3/c13-15-12(16)10-2-1-5-14-11(10)8-18-9-3-6-17-7-4-9/h1-2,5,9H,3-4,6-8,13H2,(H,15,16). The first-order chi connectivity index (χ1) is 8.81. The number of nitrogens with zero attached hydrogens (tertiary/aromatic N) is 1. The van der Waals surface area contributed by atoms with Crippen molar-refractivity contribution in [1.29, 1.82) is 0 Å². The number of hydrazine groups is 1. The third kappa shape index (κ3) is 3.25. The zero-order chi connectivity index (χ0) is 12.8. The number of carbonyl (C=O) groups is 1. The van der Waals surface area contributed by atoms with Crippen molar-refractivity contribution in [2.45, 2.75) is 25.6 Å². The molecule has 0 bridgehead atoms. The summed E-state index contributed by atoms with van der Waals surface area (Å²) in [6.07, 6.45) is 3.57. The molecule has 6 heteroatoms. The van der Waals surface area contributed by atoms with E-state index in [9.17, 15) is 4.79 Å². The van der Waals surface area contributed by atoms with E-state index in [0.29, 0.717) is 17.9 Å². The van der Waals surface area contributed by atoms with Crippen molar-refractivity contribution in [3.05, 3.63) is 29.6 Å². The first kappa shape index (κ1) is 12.9. The summed E-state index contributed by atoms with van der Waals surface area (Å²) in [5.74, 6) is 4.77. The smallest absolute Gasteiger partial charge is 0.267 e. The lowest BCUT2D eigenvalue weighted by atomic mass is 10.1. The number of nitrogens with one attached hydrogen (secondary N) is 1. The quantitative estimate of drug-likeness (QED) is 0.459. The van der Waals surface area contributed by atoms with E-state index < -0.39 is 0 Å². The summed E-state index contributed by atoms with van der Waals surface area (Å²) in [4.78, 5) is 15.7. The first-order valence-electron chi connectivity index (χ1n) is 5.95. The van der Waals surface area contributed by atoms with Gasteiger partial charge in [0.2, 0.25) is 0 Å². The van der Waals surface area contributed by atoms with E-state index in [1.54, 1.807) is 18.3 Å². The molecule has 0 saturated carbocycles. The summed E-state index contributed by atoms with van der Waals surface area (Å²) in [7, 11) is 0. The molecule has 1 amide bonds. The van der Waals surface area contributed by atoms with Crippen molar-refractivity contribution in [3.8, 4) is 0 Å². The fraction of sp³-hybridized carbons (Fsp3) is 0.500. The van der Waals surface area contributed by atoms with Gasteiger partial charge in [0, 0.05) is 19.4 Å². The van der Waals surface area contributed by atoms with Gasteiger partial charge >= 0.3 is 0 Å². The Labute approximate surface area is 105 Å². The molecule has 0 radical (unpaired) electrons. The van der Waals surface area contributed by atoms with Crippen LogP contribution in [-0.4, -0.2) is 30.2 Å². The largest absolute Gasteiger partial charge is 0.381 e. The summed E-state index contributed by atoms with van der Waals surface area (Å²) < 4.78 is 11.0. The van der Waals surface area contributed by atoms with Crippen molar-refractivity contribution < 1.29 is 14.3 Å². The van der Waals surface area contributed by atoms with Gasteiger partial charge < -0.3 is 9.47 Å². The molecule has 0 aromatic carbocycles. The average molecular weight is 251 g/mol. The van der Waals surface area contributed by atoms with Gasteiger partial charge in [0.15, 0.2) is 0 Å². The summed E-state index contributed by atoms with van der Waals surface area (Å²) >= 11 is 0. The van der Waals surface area contributed by atoms with Gasteiger partial charge in [-0.25, -0.2) is 5.84 Å². The predicted molar refractivity (Wildman–Crippen MR) is 64.5 cm³/mol. The molecular formula is C12H17N3O3. The molecule has 2 rings (SSSR count). The predicted octanol–water partition coefficient (Wildman–Crippen LogP) is 0.381. The van der Waals surface area contributed by atoms with Crippen LogP contribution in [-0.2, 0) is 16.1 Å². The number of carbonyl (C=O) groups excluding carboxylic acids is 1. The van der Waals surface area contributed by atoms with E-state index in [4.69, 9.17) is 15.3 Å². The van der Waals surface area contributed by atoms with Gasteiger partial charge in [-0.05, 0) is 25.0 Å². The van der Waals surface area contributed by atoms with Crippen molar-refractivity contribution in [2.75, 3.05) is 13.2 Å². The number of hydrogen-bond acceptors (Lipinski definition) is 5. The van der Waals surface area contributed by atoms with Crippen LogP contribution in [0.25, 0.3) is 0 Å². The summed E-state index contributed by atoms with van der Waals surface area (Å²) in [5.41, 5.74) is 3.16. The monoisotopic (exact) mass is 251 g/mol. The molecule has 1 aliphatic heterocycles. The molecule has 0 spiro atoms. The molecule has 98 valence electrons. The normalized spacial score (nSPS) is 16.5. The van der Waals surface area contributed by atoms with E-state index in [0.717, 1.165) is 26.1 Å². The molecular weight excluding hydrogens is 234 g/mol. The Morgan fingerprint density at radius 2 is 2.33 bits per heavy atom. The minimum Gasteiger partial charge on any atom is -0.381 e. The highest BCUT2D eigenvalue weighted by Crippen LogP contribution is 2.14. The second-order valence-corrected chi connectivity index (χ2v) is 4.09. The van der Waals surface area contributed by atoms with Crippen LogP contribution >= 0.6 is 0 Å². The van der Waals surface area contributed by atoms with Crippen LogP contribution in [0.4, 0.5) is 0 Å². The number of nitrogen functional groups attached to an aromatic ring is 1. The van der Waals surface area contributed by atoms with Crippen molar-refractivity contribution in [2.24, 2.45) is 5.84 Å². The van der Waals surface area contributed by atoms with E-state index >= 15 is 0 Å².